The Balaban J connectivity index is 3.05. The van der Waals surface area contributed by atoms with Gasteiger partial charge in [0.2, 0.25) is 0 Å². The van der Waals surface area contributed by atoms with Crippen LogP contribution in [0.25, 0.3) is 0 Å². The molecule has 0 heterocycles. The van der Waals surface area contributed by atoms with Gasteiger partial charge in [0.1, 0.15) is 0 Å². The number of nitrogens with one attached hydrogen (secondary N) is 1. The van der Waals surface area contributed by atoms with Gasteiger partial charge in [-0.05, 0) is 25.0 Å². The number of rotatable bonds is 6. The Labute approximate surface area is 118 Å². The molecule has 0 saturated heterocycles. The number of benzene rings is 1. The first-order valence-corrected chi connectivity index (χ1v) is 6.37. The van der Waals surface area contributed by atoms with Crippen molar-refractivity contribution in [2.45, 2.75) is 26.9 Å². The highest BCUT2D eigenvalue weighted by Gasteiger charge is 2.24. The summed E-state index contributed by atoms with van der Waals surface area (Å²) >= 11 is 0. The number of nitriles is 1. The molecular formula is C14H19N3O3. The van der Waals surface area contributed by atoms with E-state index in [1.165, 1.54) is 0 Å². The number of hydrogen-bond donors (Lipinski definition) is 2. The molecule has 0 aromatic heterocycles. The predicted octanol–water partition coefficient (Wildman–Crippen LogP) is 1.35. The molecule has 0 spiro atoms. The van der Waals surface area contributed by atoms with Crippen molar-refractivity contribution in [3.8, 4) is 17.6 Å². The third-order valence-electron chi connectivity index (χ3n) is 2.63. The Bertz CT molecular complexity index is 509. The summed E-state index contributed by atoms with van der Waals surface area (Å²) in [5.41, 5.74) is 2.55. The molecule has 1 aromatic rings. The zero-order valence-corrected chi connectivity index (χ0v) is 11.8. The van der Waals surface area contributed by atoms with E-state index in [0.717, 1.165) is 0 Å². The van der Waals surface area contributed by atoms with Gasteiger partial charge in [-0.2, -0.15) is 5.26 Å². The zero-order chi connectivity index (χ0) is 15.1. The van der Waals surface area contributed by atoms with Crippen LogP contribution < -0.4 is 20.7 Å². The summed E-state index contributed by atoms with van der Waals surface area (Å²) in [6.07, 6.45) is -0.729. The molecule has 1 unspecified atom stereocenters. The van der Waals surface area contributed by atoms with Crippen molar-refractivity contribution in [3.05, 3.63) is 23.8 Å². The van der Waals surface area contributed by atoms with Crippen molar-refractivity contribution in [2.75, 3.05) is 6.61 Å². The molecule has 0 saturated carbocycles. The lowest BCUT2D eigenvalue weighted by Crippen LogP contribution is -2.44. The predicted molar refractivity (Wildman–Crippen MR) is 73.9 cm³/mol. The van der Waals surface area contributed by atoms with Crippen LogP contribution in [0.15, 0.2) is 18.2 Å². The molecule has 0 bridgehead atoms. The first-order valence-electron chi connectivity index (χ1n) is 6.37. The maximum Gasteiger partial charge on any atom is 0.275 e. The quantitative estimate of drug-likeness (QED) is 0.464. The molecule has 20 heavy (non-hydrogen) atoms. The monoisotopic (exact) mass is 277 g/mol. The lowest BCUT2D eigenvalue weighted by atomic mass is 10.1. The minimum absolute atomic E-state index is 0.0660. The molecule has 1 amide bonds. The average Bonchev–Trinajstić information content (AvgIpc) is 2.44. The Hall–Kier alpha value is -2.26. The molecular weight excluding hydrogens is 258 g/mol. The number of carbonyl (C=O) groups is 1. The van der Waals surface area contributed by atoms with Crippen LogP contribution in [-0.4, -0.2) is 18.6 Å². The fraction of sp³-hybridized carbons (Fsp3) is 0.429. The molecule has 0 aliphatic rings. The van der Waals surface area contributed by atoms with Gasteiger partial charge < -0.3 is 9.47 Å². The average molecular weight is 277 g/mol. The molecule has 6 heteroatoms. The molecule has 6 nitrogen and oxygen atoms in total. The highest BCUT2D eigenvalue weighted by Crippen LogP contribution is 2.30. The molecule has 0 fully saturated rings. The van der Waals surface area contributed by atoms with Gasteiger partial charge in [0.25, 0.3) is 5.91 Å². The van der Waals surface area contributed by atoms with E-state index in [2.05, 4.69) is 5.43 Å². The van der Waals surface area contributed by atoms with Gasteiger partial charge in [-0.25, -0.2) is 5.84 Å². The lowest BCUT2D eigenvalue weighted by molar-refractivity contribution is -0.129. The summed E-state index contributed by atoms with van der Waals surface area (Å²) < 4.78 is 11.1. The topological polar surface area (TPSA) is 97.4 Å². The van der Waals surface area contributed by atoms with Crippen molar-refractivity contribution in [3.63, 3.8) is 0 Å². The molecule has 0 aliphatic heterocycles. The van der Waals surface area contributed by atoms with E-state index in [0.29, 0.717) is 23.7 Å². The summed E-state index contributed by atoms with van der Waals surface area (Å²) in [6.45, 7) is 5.96. The third-order valence-corrected chi connectivity index (χ3v) is 2.63. The zero-order valence-electron chi connectivity index (χ0n) is 11.8. The van der Waals surface area contributed by atoms with Crippen molar-refractivity contribution in [1.82, 2.24) is 5.43 Å². The van der Waals surface area contributed by atoms with Crippen LogP contribution in [0.2, 0.25) is 0 Å². The van der Waals surface area contributed by atoms with Gasteiger partial charge in [-0.1, -0.05) is 13.8 Å². The van der Waals surface area contributed by atoms with Crippen molar-refractivity contribution < 1.29 is 14.3 Å². The van der Waals surface area contributed by atoms with E-state index < -0.39 is 12.0 Å². The number of amides is 1. The summed E-state index contributed by atoms with van der Waals surface area (Å²) in [5, 5.41) is 8.89. The number of nitrogens with two attached hydrogens (primary N) is 1. The largest absolute Gasteiger partial charge is 0.490 e. The van der Waals surface area contributed by atoms with E-state index in [9.17, 15) is 4.79 Å². The fourth-order valence-corrected chi connectivity index (χ4v) is 1.65. The van der Waals surface area contributed by atoms with E-state index in [1.54, 1.807) is 18.2 Å². The fourth-order valence-electron chi connectivity index (χ4n) is 1.65. The van der Waals surface area contributed by atoms with Gasteiger partial charge in [0.05, 0.1) is 18.2 Å². The molecule has 1 rings (SSSR count). The summed E-state index contributed by atoms with van der Waals surface area (Å²) in [6, 6.07) is 6.83. The van der Waals surface area contributed by atoms with Crippen LogP contribution in [0.4, 0.5) is 0 Å². The number of hydrazine groups is 1. The van der Waals surface area contributed by atoms with Gasteiger partial charge in [-0.15, -0.1) is 0 Å². The maximum atomic E-state index is 11.7. The third kappa shape index (κ3) is 3.87. The van der Waals surface area contributed by atoms with E-state index in [4.69, 9.17) is 20.6 Å². The van der Waals surface area contributed by atoms with Crippen LogP contribution in [0, 0.1) is 17.2 Å². The minimum atomic E-state index is -0.729. The Morgan fingerprint density at radius 3 is 2.65 bits per heavy atom. The van der Waals surface area contributed by atoms with Crippen LogP contribution in [0.3, 0.4) is 0 Å². The standard InChI is InChI=1S/C14H19N3O3/c1-4-19-12-7-10(8-15)5-6-11(12)20-13(9(2)3)14(18)17-16/h5-7,9,13H,4,16H2,1-3H3,(H,17,18). The van der Waals surface area contributed by atoms with E-state index >= 15 is 0 Å². The molecule has 1 atom stereocenters. The second-order valence-corrected chi connectivity index (χ2v) is 4.50. The summed E-state index contributed by atoms with van der Waals surface area (Å²) in [7, 11) is 0. The second kappa shape index (κ2) is 7.36. The normalized spacial score (nSPS) is 11.6. The van der Waals surface area contributed by atoms with Gasteiger partial charge in [-0.3, -0.25) is 10.2 Å². The molecule has 0 radical (unpaired) electrons. The van der Waals surface area contributed by atoms with E-state index in [-0.39, 0.29) is 5.92 Å². The molecule has 0 aliphatic carbocycles. The van der Waals surface area contributed by atoms with Crippen LogP contribution >= 0.6 is 0 Å². The number of carbonyl (C=O) groups excluding carboxylic acids is 1. The van der Waals surface area contributed by atoms with Crippen LogP contribution in [0.5, 0.6) is 11.5 Å². The van der Waals surface area contributed by atoms with Crippen molar-refractivity contribution in [2.24, 2.45) is 11.8 Å². The summed E-state index contributed by atoms with van der Waals surface area (Å²) in [5.74, 6) is 5.52. The highest BCUT2D eigenvalue weighted by molar-refractivity contribution is 5.80. The lowest BCUT2D eigenvalue weighted by Gasteiger charge is -2.22. The molecule has 108 valence electrons. The maximum absolute atomic E-state index is 11.7. The highest BCUT2D eigenvalue weighted by atomic mass is 16.5. The Morgan fingerprint density at radius 2 is 2.15 bits per heavy atom. The second-order valence-electron chi connectivity index (χ2n) is 4.50. The van der Waals surface area contributed by atoms with Crippen molar-refractivity contribution >= 4 is 5.91 Å². The number of ether oxygens (including phenoxy) is 2. The number of hydrogen-bond acceptors (Lipinski definition) is 5. The van der Waals surface area contributed by atoms with E-state index in [1.807, 2.05) is 26.8 Å². The summed E-state index contributed by atoms with van der Waals surface area (Å²) in [4.78, 5) is 11.7. The first-order chi connectivity index (χ1) is 9.53. The Kier molecular flexibility index (Phi) is 5.81. The Morgan fingerprint density at radius 1 is 1.45 bits per heavy atom. The SMILES string of the molecule is CCOc1cc(C#N)ccc1OC(C(=O)NN)C(C)C. The van der Waals surface area contributed by atoms with Gasteiger partial charge in [0.15, 0.2) is 17.6 Å². The minimum Gasteiger partial charge on any atom is -0.490 e. The van der Waals surface area contributed by atoms with Crippen LogP contribution in [0.1, 0.15) is 26.3 Å². The van der Waals surface area contributed by atoms with Crippen molar-refractivity contribution in [1.29, 1.82) is 5.26 Å². The molecule has 3 N–H and O–H groups in total. The first kappa shape index (κ1) is 15.8. The smallest absolute Gasteiger partial charge is 0.275 e. The van der Waals surface area contributed by atoms with Crippen LogP contribution in [-0.2, 0) is 4.79 Å². The number of nitrogens with zero attached hydrogens (tertiary/aromatic N) is 1. The van der Waals surface area contributed by atoms with Gasteiger partial charge in [0, 0.05) is 6.07 Å². The van der Waals surface area contributed by atoms with Gasteiger partial charge >= 0.3 is 0 Å². The molecule has 1 aromatic carbocycles.